The lowest BCUT2D eigenvalue weighted by atomic mass is 10.1. The summed E-state index contributed by atoms with van der Waals surface area (Å²) in [5.74, 6) is -0.480. The summed E-state index contributed by atoms with van der Waals surface area (Å²) in [4.78, 5) is 39.1. The first-order chi connectivity index (χ1) is 16.9. The van der Waals surface area contributed by atoms with E-state index >= 15 is 0 Å². The molecule has 35 heavy (non-hydrogen) atoms. The van der Waals surface area contributed by atoms with Gasteiger partial charge in [0.2, 0.25) is 0 Å². The number of imide groups is 2. The Balaban J connectivity index is 1.61. The Morgan fingerprint density at radius 3 is 2.40 bits per heavy atom. The summed E-state index contributed by atoms with van der Waals surface area (Å²) >= 11 is 5.93. The number of halogens is 1. The predicted molar refractivity (Wildman–Crippen MR) is 134 cm³/mol. The van der Waals surface area contributed by atoms with E-state index in [1.54, 1.807) is 61.5 Å². The zero-order valence-corrected chi connectivity index (χ0v) is 20.0. The van der Waals surface area contributed by atoms with Gasteiger partial charge in [-0.15, -0.1) is 0 Å². The normalized spacial score (nSPS) is 14.8. The summed E-state index contributed by atoms with van der Waals surface area (Å²) in [5, 5.41) is 2.89. The number of urea groups is 1. The third-order valence-corrected chi connectivity index (χ3v) is 5.60. The van der Waals surface area contributed by atoms with Crippen molar-refractivity contribution in [3.05, 3.63) is 94.0 Å². The van der Waals surface area contributed by atoms with Gasteiger partial charge in [0, 0.05) is 5.02 Å². The van der Waals surface area contributed by atoms with Crippen molar-refractivity contribution in [2.75, 3.05) is 11.5 Å². The van der Waals surface area contributed by atoms with E-state index in [1.807, 2.05) is 19.1 Å². The van der Waals surface area contributed by atoms with Crippen molar-refractivity contribution >= 4 is 41.2 Å². The smallest absolute Gasteiger partial charge is 0.335 e. The molecule has 0 atom stereocenters. The molecule has 0 unspecified atom stereocenters. The molecule has 0 spiro atoms. The first-order valence-corrected chi connectivity index (χ1v) is 11.4. The number of hydrogen-bond donors (Lipinski definition) is 1. The van der Waals surface area contributed by atoms with Crippen LogP contribution in [0.3, 0.4) is 0 Å². The van der Waals surface area contributed by atoms with Crippen molar-refractivity contribution < 1.29 is 23.9 Å². The molecule has 1 N–H and O–H groups in total. The molecule has 3 aromatic rings. The van der Waals surface area contributed by atoms with Gasteiger partial charge >= 0.3 is 6.03 Å². The van der Waals surface area contributed by atoms with Gasteiger partial charge in [-0.05, 0) is 66.9 Å². The van der Waals surface area contributed by atoms with E-state index in [1.165, 1.54) is 6.08 Å². The lowest BCUT2D eigenvalue weighted by Gasteiger charge is -2.27. The second-order valence-electron chi connectivity index (χ2n) is 7.80. The molecule has 3 aromatic carbocycles. The Hall–Kier alpha value is -4.10. The summed E-state index contributed by atoms with van der Waals surface area (Å²) in [7, 11) is 0. The van der Waals surface area contributed by atoms with E-state index in [9.17, 15) is 14.4 Å². The summed E-state index contributed by atoms with van der Waals surface area (Å²) in [6, 6.07) is 18.6. The molecule has 178 valence electrons. The third-order valence-electron chi connectivity index (χ3n) is 5.34. The fourth-order valence-corrected chi connectivity index (χ4v) is 3.73. The van der Waals surface area contributed by atoms with Crippen LogP contribution in [-0.2, 0) is 16.2 Å². The van der Waals surface area contributed by atoms with E-state index in [-0.39, 0.29) is 5.57 Å². The first kappa shape index (κ1) is 24.0. The van der Waals surface area contributed by atoms with Crippen molar-refractivity contribution in [2.24, 2.45) is 0 Å². The molecular weight excluding hydrogens is 468 g/mol. The standard InChI is InChI=1S/C27H23ClN2O5/c1-3-34-24-15-19(10-13-23(24)35-16-18-8-11-20(28)12-9-18)14-21-25(31)29-27(33)30(26(21)32)22-7-5-4-6-17(22)2/h4-15H,3,16H2,1-2H3,(H,29,31,33)/b21-14+. The quantitative estimate of drug-likeness (QED) is 0.359. The molecule has 7 nitrogen and oxygen atoms in total. The van der Waals surface area contributed by atoms with Gasteiger partial charge in [0.15, 0.2) is 11.5 Å². The fraction of sp³-hybridized carbons (Fsp3) is 0.148. The largest absolute Gasteiger partial charge is 0.490 e. The number of nitrogens with zero attached hydrogens (tertiary/aromatic N) is 1. The van der Waals surface area contributed by atoms with Crippen molar-refractivity contribution in [3.63, 3.8) is 0 Å². The number of amides is 4. The summed E-state index contributed by atoms with van der Waals surface area (Å²) in [6.45, 7) is 4.34. The Labute approximate surface area is 207 Å². The minimum atomic E-state index is -0.785. The number of nitrogens with one attached hydrogen (secondary N) is 1. The van der Waals surface area contributed by atoms with Crippen LogP contribution < -0.4 is 19.7 Å². The predicted octanol–water partition coefficient (Wildman–Crippen LogP) is 5.29. The van der Waals surface area contributed by atoms with Crippen LogP contribution in [0.2, 0.25) is 5.02 Å². The van der Waals surface area contributed by atoms with E-state index < -0.39 is 17.8 Å². The average Bonchev–Trinajstić information content (AvgIpc) is 2.83. The zero-order chi connectivity index (χ0) is 24.9. The maximum absolute atomic E-state index is 13.2. The van der Waals surface area contributed by atoms with E-state index in [4.69, 9.17) is 21.1 Å². The molecule has 0 aromatic heterocycles. The van der Waals surface area contributed by atoms with Gasteiger partial charge in [-0.2, -0.15) is 0 Å². The Bertz CT molecular complexity index is 1320. The number of hydrogen-bond acceptors (Lipinski definition) is 5. The molecule has 0 radical (unpaired) electrons. The van der Waals surface area contributed by atoms with Gasteiger partial charge in [0.1, 0.15) is 12.2 Å². The molecule has 4 rings (SSSR count). The van der Waals surface area contributed by atoms with E-state index in [0.29, 0.717) is 41.0 Å². The van der Waals surface area contributed by atoms with Crippen molar-refractivity contribution in [1.82, 2.24) is 5.32 Å². The lowest BCUT2D eigenvalue weighted by molar-refractivity contribution is -0.122. The van der Waals surface area contributed by atoms with Crippen LogP contribution in [-0.4, -0.2) is 24.5 Å². The molecule has 8 heteroatoms. The highest BCUT2D eigenvalue weighted by atomic mass is 35.5. The molecule has 0 saturated carbocycles. The molecule has 1 saturated heterocycles. The summed E-state index contributed by atoms with van der Waals surface area (Å²) < 4.78 is 11.6. The molecule has 1 fully saturated rings. The molecule has 1 aliphatic rings. The summed E-state index contributed by atoms with van der Waals surface area (Å²) in [5.41, 5.74) is 2.46. The highest BCUT2D eigenvalue weighted by Crippen LogP contribution is 2.31. The Kier molecular flexibility index (Phi) is 7.17. The number of barbiturate groups is 1. The molecule has 0 aliphatic carbocycles. The van der Waals surface area contributed by atoms with Crippen molar-refractivity contribution in [1.29, 1.82) is 0 Å². The highest BCUT2D eigenvalue weighted by Gasteiger charge is 2.37. The SMILES string of the molecule is CCOc1cc(/C=C2\C(=O)NC(=O)N(c3ccccc3C)C2=O)ccc1OCc1ccc(Cl)cc1. The van der Waals surface area contributed by atoms with Gasteiger partial charge in [-0.25, -0.2) is 9.69 Å². The first-order valence-electron chi connectivity index (χ1n) is 11.0. The third kappa shape index (κ3) is 5.36. The number of para-hydroxylation sites is 1. The van der Waals surface area contributed by atoms with Crippen LogP contribution in [0.4, 0.5) is 10.5 Å². The number of benzene rings is 3. The molecule has 1 aliphatic heterocycles. The zero-order valence-electron chi connectivity index (χ0n) is 19.2. The maximum atomic E-state index is 13.2. The Morgan fingerprint density at radius 2 is 1.69 bits per heavy atom. The minimum absolute atomic E-state index is 0.162. The lowest BCUT2D eigenvalue weighted by Crippen LogP contribution is -2.54. The highest BCUT2D eigenvalue weighted by molar-refractivity contribution is 6.39. The van der Waals surface area contributed by atoms with Gasteiger partial charge in [-0.3, -0.25) is 14.9 Å². The van der Waals surface area contributed by atoms with Crippen LogP contribution in [0.15, 0.2) is 72.3 Å². The van der Waals surface area contributed by atoms with Crippen LogP contribution >= 0.6 is 11.6 Å². The van der Waals surface area contributed by atoms with Gasteiger partial charge in [0.05, 0.1) is 12.3 Å². The van der Waals surface area contributed by atoms with Crippen LogP contribution in [0.5, 0.6) is 11.5 Å². The number of carbonyl (C=O) groups excluding carboxylic acids is 3. The van der Waals surface area contributed by atoms with Crippen molar-refractivity contribution in [3.8, 4) is 11.5 Å². The molecule has 1 heterocycles. The molecule has 4 amide bonds. The van der Waals surface area contributed by atoms with Crippen molar-refractivity contribution in [2.45, 2.75) is 20.5 Å². The van der Waals surface area contributed by atoms with Crippen LogP contribution in [0.1, 0.15) is 23.6 Å². The molecular formula is C27H23ClN2O5. The minimum Gasteiger partial charge on any atom is -0.490 e. The summed E-state index contributed by atoms with van der Waals surface area (Å²) in [6.07, 6.45) is 1.43. The van der Waals surface area contributed by atoms with E-state index in [0.717, 1.165) is 16.0 Å². The number of anilines is 1. The second-order valence-corrected chi connectivity index (χ2v) is 8.24. The monoisotopic (exact) mass is 490 g/mol. The molecule has 0 bridgehead atoms. The van der Waals surface area contributed by atoms with Gasteiger partial charge < -0.3 is 9.47 Å². The Morgan fingerprint density at radius 1 is 0.943 bits per heavy atom. The number of ether oxygens (including phenoxy) is 2. The fourth-order valence-electron chi connectivity index (χ4n) is 3.60. The van der Waals surface area contributed by atoms with Crippen LogP contribution in [0.25, 0.3) is 6.08 Å². The average molecular weight is 491 g/mol. The number of aryl methyl sites for hydroxylation is 1. The topological polar surface area (TPSA) is 84.9 Å². The second kappa shape index (κ2) is 10.4. The van der Waals surface area contributed by atoms with Gasteiger partial charge in [-0.1, -0.05) is 48.0 Å². The van der Waals surface area contributed by atoms with Crippen LogP contribution in [0, 0.1) is 6.92 Å². The number of rotatable bonds is 7. The van der Waals surface area contributed by atoms with Gasteiger partial charge in [0.25, 0.3) is 11.8 Å². The maximum Gasteiger partial charge on any atom is 0.335 e. The number of carbonyl (C=O) groups is 3. The van der Waals surface area contributed by atoms with E-state index in [2.05, 4.69) is 5.32 Å².